The molecule has 124 valence electrons. The van der Waals surface area contributed by atoms with Crippen molar-refractivity contribution in [1.29, 1.82) is 0 Å². The SMILES string of the molecule is CCCC(CCC)C(=O)OCOC(=O)CCC(=O)C[NH3+].[Cl-]. The zero-order chi connectivity index (χ0) is 15.4. The quantitative estimate of drug-likeness (QED) is 0.345. The highest BCUT2D eigenvalue weighted by Crippen LogP contribution is 2.15. The van der Waals surface area contributed by atoms with E-state index in [1.54, 1.807) is 0 Å². The normalized spacial score (nSPS) is 9.90. The van der Waals surface area contributed by atoms with Crippen LogP contribution < -0.4 is 18.1 Å². The van der Waals surface area contributed by atoms with Gasteiger partial charge in [-0.1, -0.05) is 26.7 Å². The molecule has 0 saturated carbocycles. The van der Waals surface area contributed by atoms with E-state index in [0.717, 1.165) is 25.7 Å². The third-order valence-electron chi connectivity index (χ3n) is 2.92. The van der Waals surface area contributed by atoms with Gasteiger partial charge in [-0.2, -0.15) is 0 Å². The monoisotopic (exact) mass is 323 g/mol. The van der Waals surface area contributed by atoms with Gasteiger partial charge in [0.2, 0.25) is 6.79 Å². The molecule has 0 rings (SSSR count). The Labute approximate surface area is 132 Å². The van der Waals surface area contributed by atoms with Crippen LogP contribution in [0.25, 0.3) is 0 Å². The van der Waals surface area contributed by atoms with Crippen molar-refractivity contribution in [3.05, 3.63) is 0 Å². The van der Waals surface area contributed by atoms with Crippen molar-refractivity contribution in [2.45, 2.75) is 52.4 Å². The third kappa shape index (κ3) is 11.2. The highest BCUT2D eigenvalue weighted by Gasteiger charge is 2.18. The molecule has 0 bridgehead atoms. The van der Waals surface area contributed by atoms with Crippen LogP contribution in [0.15, 0.2) is 0 Å². The Balaban J connectivity index is 0. The van der Waals surface area contributed by atoms with E-state index in [9.17, 15) is 14.4 Å². The van der Waals surface area contributed by atoms with Gasteiger partial charge in [0.15, 0.2) is 5.78 Å². The Morgan fingerprint density at radius 2 is 1.57 bits per heavy atom. The van der Waals surface area contributed by atoms with Crippen LogP contribution in [0.1, 0.15) is 52.4 Å². The lowest BCUT2D eigenvalue weighted by Crippen LogP contribution is -3.00. The largest absolute Gasteiger partial charge is 1.00 e. The summed E-state index contributed by atoms with van der Waals surface area (Å²) in [6.07, 6.45) is 3.49. The van der Waals surface area contributed by atoms with Crippen molar-refractivity contribution < 1.29 is 42.0 Å². The molecule has 0 spiro atoms. The summed E-state index contributed by atoms with van der Waals surface area (Å²) < 4.78 is 9.69. The summed E-state index contributed by atoms with van der Waals surface area (Å²) in [5.74, 6) is -1.08. The second kappa shape index (κ2) is 13.8. The van der Waals surface area contributed by atoms with Gasteiger partial charge < -0.3 is 27.6 Å². The van der Waals surface area contributed by atoms with E-state index in [2.05, 4.69) is 5.73 Å². The molecule has 6 nitrogen and oxygen atoms in total. The summed E-state index contributed by atoms with van der Waals surface area (Å²) in [6.45, 7) is 3.81. The number of Topliss-reactive ketones (excluding diaryl/α,β-unsaturated/α-hetero) is 1. The minimum Gasteiger partial charge on any atom is -1.00 e. The van der Waals surface area contributed by atoms with Gasteiger partial charge in [-0.25, -0.2) is 0 Å². The van der Waals surface area contributed by atoms with Crippen LogP contribution in [0.5, 0.6) is 0 Å². The first kappa shape index (κ1) is 22.1. The molecule has 0 aromatic heterocycles. The van der Waals surface area contributed by atoms with Gasteiger partial charge in [0.05, 0.1) is 12.3 Å². The maximum absolute atomic E-state index is 11.7. The standard InChI is InChI=1S/C14H25NO5.ClH/c1-3-5-11(6-4-2)14(18)20-10-19-13(17)8-7-12(16)9-15;/h11H,3-10,15H2,1-2H3;1H. The molecule has 0 atom stereocenters. The van der Waals surface area contributed by atoms with Crippen LogP contribution >= 0.6 is 0 Å². The van der Waals surface area contributed by atoms with Gasteiger partial charge in [-0.15, -0.1) is 0 Å². The lowest BCUT2D eigenvalue weighted by Gasteiger charge is -2.14. The van der Waals surface area contributed by atoms with Crippen LogP contribution in [0.4, 0.5) is 0 Å². The fourth-order valence-corrected chi connectivity index (χ4v) is 1.79. The molecule has 0 aromatic rings. The molecule has 0 unspecified atom stereocenters. The maximum Gasteiger partial charge on any atom is 0.311 e. The molecule has 21 heavy (non-hydrogen) atoms. The second-order valence-electron chi connectivity index (χ2n) is 4.66. The fraction of sp³-hybridized carbons (Fsp3) is 0.786. The molecular formula is C14H26ClNO5. The molecule has 0 heterocycles. The molecule has 0 aliphatic carbocycles. The summed E-state index contributed by atoms with van der Waals surface area (Å²) in [5.41, 5.74) is 3.43. The lowest BCUT2D eigenvalue weighted by molar-refractivity contribution is -0.354. The van der Waals surface area contributed by atoms with Gasteiger partial charge in [0.25, 0.3) is 0 Å². The highest BCUT2D eigenvalue weighted by atomic mass is 35.5. The zero-order valence-electron chi connectivity index (χ0n) is 12.9. The number of carbonyl (C=O) groups excluding carboxylic acids is 3. The Morgan fingerprint density at radius 1 is 1.00 bits per heavy atom. The van der Waals surface area contributed by atoms with Crippen molar-refractivity contribution in [2.24, 2.45) is 5.92 Å². The molecule has 0 aliphatic rings. The fourth-order valence-electron chi connectivity index (χ4n) is 1.79. The summed E-state index contributed by atoms with van der Waals surface area (Å²) in [4.78, 5) is 34.0. The number of quaternary nitrogens is 1. The maximum atomic E-state index is 11.7. The van der Waals surface area contributed by atoms with Crippen molar-refractivity contribution >= 4 is 17.7 Å². The Bertz CT molecular complexity index is 316. The first-order valence-electron chi connectivity index (χ1n) is 7.18. The Morgan fingerprint density at radius 3 is 2.05 bits per heavy atom. The first-order valence-corrected chi connectivity index (χ1v) is 7.18. The molecule has 0 radical (unpaired) electrons. The number of hydrogen-bond acceptors (Lipinski definition) is 5. The number of esters is 2. The van der Waals surface area contributed by atoms with Crippen LogP contribution in [-0.2, 0) is 23.9 Å². The number of rotatable bonds is 11. The molecule has 7 heteroatoms. The van der Waals surface area contributed by atoms with Gasteiger partial charge in [0, 0.05) is 6.42 Å². The van der Waals surface area contributed by atoms with E-state index in [1.165, 1.54) is 0 Å². The molecular weight excluding hydrogens is 298 g/mol. The third-order valence-corrected chi connectivity index (χ3v) is 2.92. The summed E-state index contributed by atoms with van der Waals surface area (Å²) in [7, 11) is 0. The number of ether oxygens (including phenoxy) is 2. The van der Waals surface area contributed by atoms with Crippen LogP contribution in [0.2, 0.25) is 0 Å². The topological polar surface area (TPSA) is 97.3 Å². The van der Waals surface area contributed by atoms with E-state index in [4.69, 9.17) is 9.47 Å². The van der Waals surface area contributed by atoms with E-state index in [1.807, 2.05) is 13.8 Å². The Kier molecular flexibility index (Phi) is 14.6. The number of hydrogen-bond donors (Lipinski definition) is 1. The molecule has 3 N–H and O–H groups in total. The lowest BCUT2D eigenvalue weighted by atomic mass is 9.99. The van der Waals surface area contributed by atoms with Gasteiger partial charge in [-0.3, -0.25) is 14.4 Å². The average molecular weight is 324 g/mol. The van der Waals surface area contributed by atoms with Crippen molar-refractivity contribution in [2.75, 3.05) is 13.3 Å². The van der Waals surface area contributed by atoms with E-state index in [-0.39, 0.29) is 56.3 Å². The zero-order valence-corrected chi connectivity index (χ0v) is 13.6. The summed E-state index contributed by atoms with van der Waals surface area (Å²) >= 11 is 0. The molecule has 0 aromatic carbocycles. The predicted molar refractivity (Wildman–Crippen MR) is 72.4 cm³/mol. The number of halogens is 1. The summed E-state index contributed by atoms with van der Waals surface area (Å²) in [6, 6.07) is 0. The molecule has 0 amide bonds. The predicted octanol–water partition coefficient (Wildman–Crippen LogP) is -2.16. The van der Waals surface area contributed by atoms with Crippen molar-refractivity contribution in [3.8, 4) is 0 Å². The van der Waals surface area contributed by atoms with Crippen molar-refractivity contribution in [3.63, 3.8) is 0 Å². The molecule has 0 aliphatic heterocycles. The smallest absolute Gasteiger partial charge is 0.311 e. The molecule has 0 fully saturated rings. The number of ketones is 1. The van der Waals surface area contributed by atoms with Gasteiger partial charge in [0.1, 0.15) is 6.54 Å². The van der Waals surface area contributed by atoms with E-state index < -0.39 is 5.97 Å². The summed E-state index contributed by atoms with van der Waals surface area (Å²) in [5, 5.41) is 0. The highest BCUT2D eigenvalue weighted by molar-refractivity contribution is 5.83. The second-order valence-corrected chi connectivity index (χ2v) is 4.66. The minimum atomic E-state index is -0.540. The van der Waals surface area contributed by atoms with E-state index in [0.29, 0.717) is 0 Å². The Hall–Kier alpha value is -1.14. The number of carbonyl (C=O) groups is 3. The van der Waals surface area contributed by atoms with Crippen LogP contribution in [0.3, 0.4) is 0 Å². The van der Waals surface area contributed by atoms with E-state index >= 15 is 0 Å². The average Bonchev–Trinajstić information content (AvgIpc) is 2.44. The first-order chi connectivity index (χ1) is 9.54. The minimum absolute atomic E-state index is 0. The van der Waals surface area contributed by atoms with Crippen LogP contribution in [0, 0.1) is 5.92 Å². The van der Waals surface area contributed by atoms with Gasteiger partial charge in [-0.05, 0) is 12.8 Å². The van der Waals surface area contributed by atoms with Crippen LogP contribution in [-0.4, -0.2) is 31.1 Å². The van der Waals surface area contributed by atoms with Crippen molar-refractivity contribution in [1.82, 2.24) is 0 Å². The van der Waals surface area contributed by atoms with Gasteiger partial charge >= 0.3 is 11.9 Å². The molecule has 0 saturated heterocycles.